The van der Waals surface area contributed by atoms with Crippen LogP contribution in [-0.4, -0.2) is 78.8 Å². The van der Waals surface area contributed by atoms with E-state index >= 15 is 0 Å². The maximum absolute atomic E-state index is 13.3. The topological polar surface area (TPSA) is 82.9 Å². The lowest BCUT2D eigenvalue weighted by Gasteiger charge is -2.34. The molecule has 0 radical (unpaired) electrons. The molecule has 0 unspecified atom stereocenters. The molecule has 0 bridgehead atoms. The Morgan fingerprint density at radius 1 is 0.968 bits per heavy atom. The summed E-state index contributed by atoms with van der Waals surface area (Å²) in [5.74, 6) is -0.280. The summed E-state index contributed by atoms with van der Waals surface area (Å²) < 4.78 is 29.3. The van der Waals surface area contributed by atoms with Crippen molar-refractivity contribution in [3.8, 4) is 0 Å². The van der Waals surface area contributed by atoms with Crippen molar-refractivity contribution in [2.45, 2.75) is 38.1 Å². The van der Waals surface area contributed by atoms with Gasteiger partial charge in [-0.05, 0) is 44.5 Å². The molecule has 2 aliphatic heterocycles. The molecule has 2 aliphatic rings. The van der Waals surface area contributed by atoms with Crippen LogP contribution >= 0.6 is 0 Å². The van der Waals surface area contributed by atoms with Gasteiger partial charge in [0.15, 0.2) is 0 Å². The number of fused-ring (bicyclic) bond motifs is 1. The fraction of sp³-hybridized carbons (Fsp3) is 0.545. The smallest absolute Gasteiger partial charge is 0.259 e. The number of nitrogens with zero attached hydrogens (tertiary/aromatic N) is 4. The standard InChI is InChI=1S/C22H30N4O4S/c1-3-23-11-13-25(14-12-23)22(28)19-16-24(4-2)20-8-7-17(15-18(20)21(19)27)31(29,30)26-9-5-6-10-26/h7-8,15-16H,3-6,9-14H2,1-2H3. The number of hydrogen-bond acceptors (Lipinski definition) is 5. The van der Waals surface area contributed by atoms with Gasteiger partial charge in [-0.1, -0.05) is 6.92 Å². The molecule has 8 nitrogen and oxygen atoms in total. The van der Waals surface area contributed by atoms with E-state index in [1.54, 1.807) is 23.2 Å². The van der Waals surface area contributed by atoms with Gasteiger partial charge in [0, 0.05) is 57.4 Å². The van der Waals surface area contributed by atoms with Gasteiger partial charge in [-0.3, -0.25) is 9.59 Å². The summed E-state index contributed by atoms with van der Waals surface area (Å²) in [6.07, 6.45) is 3.31. The second-order valence-electron chi connectivity index (χ2n) is 8.17. The van der Waals surface area contributed by atoms with Gasteiger partial charge < -0.3 is 14.4 Å². The highest BCUT2D eigenvalue weighted by atomic mass is 32.2. The third kappa shape index (κ3) is 4.02. The van der Waals surface area contributed by atoms with Crippen molar-refractivity contribution < 1.29 is 13.2 Å². The molecule has 168 valence electrons. The molecule has 1 aromatic heterocycles. The highest BCUT2D eigenvalue weighted by Crippen LogP contribution is 2.24. The third-order valence-electron chi connectivity index (χ3n) is 6.43. The summed E-state index contributed by atoms with van der Waals surface area (Å²) in [5, 5.41) is 0.278. The van der Waals surface area contributed by atoms with E-state index in [9.17, 15) is 18.0 Å². The van der Waals surface area contributed by atoms with E-state index < -0.39 is 15.5 Å². The average molecular weight is 447 g/mol. The Kier molecular flexibility index (Phi) is 6.18. The third-order valence-corrected chi connectivity index (χ3v) is 8.33. The molecule has 2 saturated heterocycles. The van der Waals surface area contributed by atoms with E-state index in [2.05, 4.69) is 11.8 Å². The van der Waals surface area contributed by atoms with Crippen LogP contribution in [0.15, 0.2) is 34.1 Å². The van der Waals surface area contributed by atoms with Gasteiger partial charge in [-0.25, -0.2) is 8.42 Å². The first kappa shape index (κ1) is 22.0. The number of rotatable bonds is 5. The van der Waals surface area contributed by atoms with Gasteiger partial charge in [0.1, 0.15) is 5.56 Å². The van der Waals surface area contributed by atoms with Crippen LogP contribution in [0.2, 0.25) is 0 Å². The maximum Gasteiger partial charge on any atom is 0.259 e. The van der Waals surface area contributed by atoms with Crippen LogP contribution in [0.5, 0.6) is 0 Å². The maximum atomic E-state index is 13.3. The zero-order chi connectivity index (χ0) is 22.2. The fourth-order valence-corrected chi connectivity index (χ4v) is 6.01. The van der Waals surface area contributed by atoms with Crippen molar-refractivity contribution in [2.75, 3.05) is 45.8 Å². The van der Waals surface area contributed by atoms with E-state index in [4.69, 9.17) is 0 Å². The van der Waals surface area contributed by atoms with Crippen LogP contribution in [0, 0.1) is 0 Å². The number of pyridine rings is 1. The lowest BCUT2D eigenvalue weighted by molar-refractivity contribution is 0.0641. The van der Waals surface area contributed by atoms with E-state index in [0.717, 1.165) is 32.5 Å². The molecular formula is C22H30N4O4S. The minimum absolute atomic E-state index is 0.106. The van der Waals surface area contributed by atoms with Crippen molar-refractivity contribution in [2.24, 2.45) is 0 Å². The second kappa shape index (κ2) is 8.72. The lowest BCUT2D eigenvalue weighted by atomic mass is 10.1. The molecule has 0 saturated carbocycles. The Hall–Kier alpha value is -2.23. The van der Waals surface area contributed by atoms with Crippen LogP contribution < -0.4 is 5.43 Å². The summed E-state index contributed by atoms with van der Waals surface area (Å²) in [6, 6.07) is 4.69. The quantitative estimate of drug-likeness (QED) is 0.697. The van der Waals surface area contributed by atoms with Crippen LogP contribution in [0.1, 0.15) is 37.0 Å². The van der Waals surface area contributed by atoms with Crippen molar-refractivity contribution in [3.63, 3.8) is 0 Å². The van der Waals surface area contributed by atoms with Crippen molar-refractivity contribution >= 4 is 26.8 Å². The largest absolute Gasteiger partial charge is 0.347 e. The van der Waals surface area contributed by atoms with E-state index in [1.807, 2.05) is 11.5 Å². The number of aryl methyl sites for hydroxylation is 1. The molecule has 0 N–H and O–H groups in total. The Morgan fingerprint density at radius 2 is 1.65 bits per heavy atom. The summed E-state index contributed by atoms with van der Waals surface area (Å²) in [5.41, 5.74) is 0.344. The first-order chi connectivity index (χ1) is 14.9. The number of carbonyl (C=O) groups excluding carboxylic acids is 1. The number of sulfonamides is 1. The molecule has 2 aromatic rings. The predicted octanol–water partition coefficient (Wildman–Crippen LogP) is 1.58. The van der Waals surface area contributed by atoms with Crippen LogP contribution in [0.4, 0.5) is 0 Å². The molecule has 0 aliphatic carbocycles. The summed E-state index contributed by atoms with van der Waals surface area (Å²) in [6.45, 7) is 9.28. The normalized spacial score (nSPS) is 18.7. The highest BCUT2D eigenvalue weighted by molar-refractivity contribution is 7.89. The van der Waals surface area contributed by atoms with Gasteiger partial charge in [0.05, 0.1) is 10.4 Å². The number of piperazine rings is 1. The van der Waals surface area contributed by atoms with Crippen LogP contribution in [0.25, 0.3) is 10.9 Å². The number of aromatic nitrogens is 1. The first-order valence-electron chi connectivity index (χ1n) is 11.1. The molecule has 4 rings (SSSR count). The number of hydrogen-bond donors (Lipinski definition) is 0. The summed E-state index contributed by atoms with van der Waals surface area (Å²) in [7, 11) is -3.64. The number of benzene rings is 1. The molecule has 0 atom stereocenters. The average Bonchev–Trinajstić information content (AvgIpc) is 3.35. The van der Waals surface area contributed by atoms with Gasteiger partial charge in [-0.15, -0.1) is 0 Å². The van der Waals surface area contributed by atoms with E-state index in [1.165, 1.54) is 10.4 Å². The molecule has 3 heterocycles. The van der Waals surface area contributed by atoms with Crippen LogP contribution in [0.3, 0.4) is 0 Å². The highest BCUT2D eigenvalue weighted by Gasteiger charge is 2.29. The van der Waals surface area contributed by atoms with Gasteiger partial charge in [0.25, 0.3) is 5.91 Å². The lowest BCUT2D eigenvalue weighted by Crippen LogP contribution is -2.49. The number of likely N-dealkylation sites (N-methyl/N-ethyl adjacent to an activating group) is 1. The van der Waals surface area contributed by atoms with E-state index in [0.29, 0.717) is 38.2 Å². The zero-order valence-corrected chi connectivity index (χ0v) is 19.0. The second-order valence-corrected chi connectivity index (χ2v) is 10.1. The van der Waals surface area contributed by atoms with E-state index in [-0.39, 0.29) is 21.8 Å². The van der Waals surface area contributed by atoms with Crippen LogP contribution in [-0.2, 0) is 16.6 Å². The summed E-state index contributed by atoms with van der Waals surface area (Å²) >= 11 is 0. The Bertz CT molecular complexity index is 1140. The Morgan fingerprint density at radius 3 is 2.26 bits per heavy atom. The van der Waals surface area contributed by atoms with Gasteiger partial charge >= 0.3 is 0 Å². The number of amides is 1. The molecule has 2 fully saturated rings. The summed E-state index contributed by atoms with van der Waals surface area (Å²) in [4.78, 5) is 30.6. The minimum Gasteiger partial charge on any atom is -0.347 e. The number of carbonyl (C=O) groups is 1. The van der Waals surface area contributed by atoms with Crippen molar-refractivity contribution in [3.05, 3.63) is 40.2 Å². The van der Waals surface area contributed by atoms with Gasteiger partial charge in [-0.2, -0.15) is 4.31 Å². The molecular weight excluding hydrogens is 416 g/mol. The van der Waals surface area contributed by atoms with Crippen molar-refractivity contribution in [1.29, 1.82) is 0 Å². The fourth-order valence-electron chi connectivity index (χ4n) is 4.47. The first-order valence-corrected chi connectivity index (χ1v) is 12.5. The molecule has 9 heteroatoms. The Labute approximate surface area is 183 Å². The Balaban J connectivity index is 1.76. The molecule has 0 spiro atoms. The monoisotopic (exact) mass is 446 g/mol. The van der Waals surface area contributed by atoms with Gasteiger partial charge in [0.2, 0.25) is 15.5 Å². The molecule has 1 amide bonds. The SMILES string of the molecule is CCN1CCN(C(=O)c2cn(CC)c3ccc(S(=O)(=O)N4CCCC4)cc3c2=O)CC1. The predicted molar refractivity (Wildman–Crippen MR) is 120 cm³/mol. The minimum atomic E-state index is -3.64. The molecule has 31 heavy (non-hydrogen) atoms. The molecule has 1 aromatic carbocycles. The van der Waals surface area contributed by atoms with Crippen molar-refractivity contribution in [1.82, 2.24) is 18.7 Å². The zero-order valence-electron chi connectivity index (χ0n) is 18.2.